The number of nitrogens with one attached hydrogen (secondary N) is 2. The first-order valence-electron chi connectivity index (χ1n) is 11.2. The van der Waals surface area contributed by atoms with Gasteiger partial charge in [-0.15, -0.1) is 10.2 Å². The van der Waals surface area contributed by atoms with E-state index in [0.717, 1.165) is 24.4 Å². The SMILES string of the molecule is CCCC(CO)Nc1cc(C(F)(F)F)c(-c2cnc3c(Nc4ccc(C(F)(F)F)cn4)ccnc3n2)nn1. The highest BCUT2D eigenvalue weighted by Gasteiger charge is 2.36. The fourth-order valence-corrected chi connectivity index (χ4v) is 3.54. The van der Waals surface area contributed by atoms with Crippen molar-refractivity contribution in [2.45, 2.75) is 38.2 Å². The van der Waals surface area contributed by atoms with Gasteiger partial charge in [0.05, 0.1) is 35.7 Å². The molecular weight excluding hydrogens is 518 g/mol. The predicted molar refractivity (Wildman–Crippen MR) is 125 cm³/mol. The number of fused-ring (bicyclic) bond motifs is 1. The van der Waals surface area contributed by atoms with Crippen LogP contribution in [0.4, 0.5) is 43.7 Å². The van der Waals surface area contributed by atoms with Crippen LogP contribution in [0.15, 0.2) is 42.9 Å². The van der Waals surface area contributed by atoms with E-state index in [0.29, 0.717) is 19.0 Å². The molecule has 4 aromatic heterocycles. The molecule has 0 bridgehead atoms. The zero-order valence-electron chi connectivity index (χ0n) is 19.6. The standard InChI is InChI=1S/C23H20F6N8O/c1-2-3-13(11-38)33-18-8-14(23(27,28)29)19(37-36-18)16-10-32-20-15(6-7-30-21(20)35-16)34-17-5-4-12(9-31-17)22(24,25)26/h4-10,13,38H,2-3,11H2,1H3,(H,33,36)(H,30,31,34,35). The molecular formula is C23H20F6N8O. The fourth-order valence-electron chi connectivity index (χ4n) is 3.54. The summed E-state index contributed by atoms with van der Waals surface area (Å²) in [6.45, 7) is 1.58. The number of hydrogen-bond acceptors (Lipinski definition) is 9. The van der Waals surface area contributed by atoms with Gasteiger partial charge in [-0.3, -0.25) is 0 Å². The Bertz CT molecular complexity index is 1410. The first-order valence-corrected chi connectivity index (χ1v) is 11.2. The Morgan fingerprint density at radius 1 is 0.921 bits per heavy atom. The lowest BCUT2D eigenvalue weighted by Gasteiger charge is -2.18. The van der Waals surface area contributed by atoms with Crippen molar-refractivity contribution in [3.05, 3.63) is 54.0 Å². The molecule has 3 N–H and O–H groups in total. The van der Waals surface area contributed by atoms with Gasteiger partial charge in [0.15, 0.2) is 5.65 Å². The minimum Gasteiger partial charge on any atom is -0.394 e. The minimum atomic E-state index is -4.80. The van der Waals surface area contributed by atoms with Crippen LogP contribution in [-0.2, 0) is 12.4 Å². The third-order valence-corrected chi connectivity index (χ3v) is 5.35. The average Bonchev–Trinajstić information content (AvgIpc) is 2.87. The van der Waals surface area contributed by atoms with E-state index in [1.54, 1.807) is 0 Å². The Morgan fingerprint density at radius 2 is 1.71 bits per heavy atom. The van der Waals surface area contributed by atoms with Crippen molar-refractivity contribution in [2.24, 2.45) is 0 Å². The number of aliphatic hydroxyl groups excluding tert-OH is 1. The van der Waals surface area contributed by atoms with Gasteiger partial charge in [-0.1, -0.05) is 13.3 Å². The molecule has 0 spiro atoms. The van der Waals surface area contributed by atoms with Gasteiger partial charge in [-0.2, -0.15) is 26.3 Å². The molecule has 0 aromatic carbocycles. The maximum Gasteiger partial charge on any atom is 0.418 e. The number of anilines is 3. The molecule has 1 unspecified atom stereocenters. The van der Waals surface area contributed by atoms with E-state index in [-0.39, 0.29) is 40.8 Å². The number of rotatable bonds is 8. The summed E-state index contributed by atoms with van der Waals surface area (Å²) < 4.78 is 80.1. The molecule has 0 aliphatic heterocycles. The Morgan fingerprint density at radius 3 is 2.34 bits per heavy atom. The second-order valence-corrected chi connectivity index (χ2v) is 8.14. The Balaban J connectivity index is 1.67. The van der Waals surface area contributed by atoms with Crippen LogP contribution in [0.25, 0.3) is 22.6 Å². The van der Waals surface area contributed by atoms with Crippen molar-refractivity contribution in [1.82, 2.24) is 30.1 Å². The van der Waals surface area contributed by atoms with Crippen LogP contribution in [0.1, 0.15) is 30.9 Å². The lowest BCUT2D eigenvalue weighted by Crippen LogP contribution is -2.25. The van der Waals surface area contributed by atoms with Crippen LogP contribution in [0.2, 0.25) is 0 Å². The van der Waals surface area contributed by atoms with Crippen molar-refractivity contribution < 1.29 is 31.4 Å². The fraction of sp³-hybridized carbons (Fsp3) is 0.304. The summed E-state index contributed by atoms with van der Waals surface area (Å²) in [5.41, 5.74) is -2.48. The zero-order chi connectivity index (χ0) is 27.5. The molecule has 9 nitrogen and oxygen atoms in total. The Kier molecular flexibility index (Phi) is 7.57. The van der Waals surface area contributed by atoms with E-state index in [2.05, 4.69) is 40.8 Å². The van der Waals surface area contributed by atoms with Gasteiger partial charge >= 0.3 is 12.4 Å². The van der Waals surface area contributed by atoms with Crippen LogP contribution in [0, 0.1) is 0 Å². The maximum atomic E-state index is 13.9. The van der Waals surface area contributed by atoms with Crippen molar-refractivity contribution in [3.8, 4) is 11.4 Å². The summed E-state index contributed by atoms with van der Waals surface area (Å²) in [5.74, 6) is -0.0788. The van der Waals surface area contributed by atoms with Crippen molar-refractivity contribution in [3.63, 3.8) is 0 Å². The lowest BCUT2D eigenvalue weighted by molar-refractivity contribution is -0.138. The van der Waals surface area contributed by atoms with E-state index >= 15 is 0 Å². The summed E-state index contributed by atoms with van der Waals surface area (Å²) in [5, 5.41) is 22.5. The predicted octanol–water partition coefficient (Wildman–Crippen LogP) is 5.23. The van der Waals surface area contributed by atoms with E-state index in [1.807, 2.05) is 6.92 Å². The summed E-state index contributed by atoms with van der Waals surface area (Å²) in [4.78, 5) is 16.1. The second-order valence-electron chi connectivity index (χ2n) is 8.14. The zero-order valence-corrected chi connectivity index (χ0v) is 19.6. The first-order chi connectivity index (χ1) is 18.0. The monoisotopic (exact) mass is 538 g/mol. The molecule has 0 aliphatic carbocycles. The number of pyridine rings is 2. The number of halogens is 6. The molecule has 0 amide bonds. The number of alkyl halides is 6. The van der Waals surface area contributed by atoms with Gasteiger partial charge in [0.1, 0.15) is 28.5 Å². The van der Waals surface area contributed by atoms with E-state index in [9.17, 15) is 31.4 Å². The molecule has 0 aliphatic rings. The van der Waals surface area contributed by atoms with E-state index in [4.69, 9.17) is 0 Å². The van der Waals surface area contributed by atoms with Crippen molar-refractivity contribution in [2.75, 3.05) is 17.2 Å². The summed E-state index contributed by atoms with van der Waals surface area (Å²) in [6.07, 6.45) is -5.10. The molecule has 0 fully saturated rings. The molecule has 4 aromatic rings. The van der Waals surface area contributed by atoms with Crippen molar-refractivity contribution in [1.29, 1.82) is 0 Å². The molecule has 4 rings (SSSR count). The number of aromatic nitrogens is 6. The van der Waals surface area contributed by atoms with Gasteiger partial charge in [-0.05, 0) is 30.7 Å². The Labute approximate surface area is 211 Å². The van der Waals surface area contributed by atoms with Gasteiger partial charge < -0.3 is 15.7 Å². The van der Waals surface area contributed by atoms with Gasteiger partial charge in [0, 0.05) is 12.4 Å². The lowest BCUT2D eigenvalue weighted by atomic mass is 10.1. The minimum absolute atomic E-state index is 0.0418. The van der Waals surface area contributed by atoms with Crippen LogP contribution >= 0.6 is 0 Å². The molecule has 38 heavy (non-hydrogen) atoms. The van der Waals surface area contributed by atoms with Crippen LogP contribution < -0.4 is 10.6 Å². The topological polar surface area (TPSA) is 122 Å². The quantitative estimate of drug-likeness (QED) is 0.259. The van der Waals surface area contributed by atoms with Gasteiger partial charge in [-0.25, -0.2) is 19.9 Å². The summed E-state index contributed by atoms with van der Waals surface area (Å²) >= 11 is 0. The highest BCUT2D eigenvalue weighted by Crippen LogP contribution is 2.37. The molecule has 15 heteroatoms. The van der Waals surface area contributed by atoms with Crippen molar-refractivity contribution >= 4 is 28.5 Å². The summed E-state index contributed by atoms with van der Waals surface area (Å²) in [7, 11) is 0. The molecule has 4 heterocycles. The van der Waals surface area contributed by atoms with Gasteiger partial charge in [0.2, 0.25) is 0 Å². The van der Waals surface area contributed by atoms with E-state index < -0.39 is 35.2 Å². The molecule has 1 atom stereocenters. The highest BCUT2D eigenvalue weighted by molar-refractivity contribution is 5.87. The summed E-state index contributed by atoms with van der Waals surface area (Å²) in [6, 6.07) is 3.73. The number of hydrogen-bond donors (Lipinski definition) is 3. The molecule has 200 valence electrons. The average molecular weight is 538 g/mol. The molecule has 0 radical (unpaired) electrons. The van der Waals surface area contributed by atoms with E-state index in [1.165, 1.54) is 12.3 Å². The number of nitrogens with zero attached hydrogens (tertiary/aromatic N) is 6. The molecule has 0 saturated heterocycles. The van der Waals surface area contributed by atoms with Crippen LogP contribution in [0.5, 0.6) is 0 Å². The smallest absolute Gasteiger partial charge is 0.394 e. The highest BCUT2D eigenvalue weighted by atomic mass is 19.4. The first kappa shape index (κ1) is 26.9. The maximum absolute atomic E-state index is 13.9. The largest absolute Gasteiger partial charge is 0.418 e. The van der Waals surface area contributed by atoms with Crippen LogP contribution in [0.3, 0.4) is 0 Å². The number of aliphatic hydroxyl groups is 1. The van der Waals surface area contributed by atoms with Crippen LogP contribution in [-0.4, -0.2) is 47.9 Å². The Hall–Kier alpha value is -4.14. The third-order valence-electron chi connectivity index (χ3n) is 5.35. The third kappa shape index (κ3) is 6.04. The second kappa shape index (κ2) is 10.7. The normalized spacial score (nSPS) is 12.9. The van der Waals surface area contributed by atoms with Gasteiger partial charge in [0.25, 0.3) is 0 Å². The molecule has 0 saturated carbocycles.